The quantitative estimate of drug-likeness (QED) is 0.442. The van der Waals surface area contributed by atoms with Crippen LogP contribution < -0.4 is 20.4 Å². The van der Waals surface area contributed by atoms with Crippen LogP contribution in [0, 0.1) is 0 Å². The molecule has 0 atom stereocenters. The first kappa shape index (κ1) is 16.5. The van der Waals surface area contributed by atoms with E-state index in [4.69, 9.17) is 14.7 Å². The Labute approximate surface area is 143 Å². The van der Waals surface area contributed by atoms with Crippen LogP contribution in [0.5, 0.6) is 11.5 Å². The molecule has 3 N–H and O–H groups in total. The number of carbonyl (C=O) groups excluding carboxylic acids is 2. The minimum absolute atomic E-state index is 0.235. The highest BCUT2D eigenvalue weighted by atomic mass is 16.6. The number of rotatable bonds is 4. The summed E-state index contributed by atoms with van der Waals surface area (Å²) in [5.74, 6) is 0.243. The summed E-state index contributed by atoms with van der Waals surface area (Å²) >= 11 is 0. The van der Waals surface area contributed by atoms with E-state index in [0.29, 0.717) is 30.3 Å². The molecule has 0 unspecified atom stereocenters. The van der Waals surface area contributed by atoms with Gasteiger partial charge in [-0.15, -0.1) is 0 Å². The maximum absolute atomic E-state index is 12.0. The van der Waals surface area contributed by atoms with Gasteiger partial charge in [-0.2, -0.15) is 5.10 Å². The SMILES string of the molecule is O=C(NO)c1ccc(C(=O)N/N=C/c2ccc3c(c2)OCCO3)cc1. The number of nitrogens with zero attached hydrogens (tertiary/aromatic N) is 1. The van der Waals surface area contributed by atoms with Crippen molar-refractivity contribution in [1.82, 2.24) is 10.9 Å². The first-order chi connectivity index (χ1) is 12.2. The standard InChI is InChI=1S/C17H15N3O5/c21-16(12-2-4-13(5-3-12)17(22)20-23)19-18-10-11-1-6-14-15(9-11)25-8-7-24-14/h1-6,9-10,23H,7-8H2,(H,19,21)(H,20,22)/b18-10+. The zero-order chi connectivity index (χ0) is 17.6. The van der Waals surface area contributed by atoms with E-state index in [0.717, 1.165) is 5.56 Å². The second-order valence-corrected chi connectivity index (χ2v) is 5.12. The fourth-order valence-corrected chi connectivity index (χ4v) is 2.21. The molecule has 1 aliphatic heterocycles. The smallest absolute Gasteiger partial charge is 0.274 e. The van der Waals surface area contributed by atoms with Crippen LogP contribution in [0.1, 0.15) is 26.3 Å². The molecule has 0 saturated carbocycles. The summed E-state index contributed by atoms with van der Waals surface area (Å²) in [6.45, 7) is 1.02. The summed E-state index contributed by atoms with van der Waals surface area (Å²) in [5, 5.41) is 12.5. The summed E-state index contributed by atoms with van der Waals surface area (Å²) in [6, 6.07) is 11.1. The Bertz CT molecular complexity index is 818. The molecule has 3 rings (SSSR count). The van der Waals surface area contributed by atoms with Gasteiger partial charge in [0.2, 0.25) is 0 Å². The van der Waals surface area contributed by atoms with Gasteiger partial charge in [0.25, 0.3) is 11.8 Å². The van der Waals surface area contributed by atoms with E-state index in [1.54, 1.807) is 18.2 Å². The van der Waals surface area contributed by atoms with Gasteiger partial charge in [-0.3, -0.25) is 14.8 Å². The maximum Gasteiger partial charge on any atom is 0.274 e. The van der Waals surface area contributed by atoms with Crippen molar-refractivity contribution in [2.45, 2.75) is 0 Å². The molecule has 8 heteroatoms. The van der Waals surface area contributed by atoms with Crippen LogP contribution in [0.2, 0.25) is 0 Å². The molecule has 0 fully saturated rings. The van der Waals surface area contributed by atoms with E-state index in [1.165, 1.54) is 36.0 Å². The zero-order valence-corrected chi connectivity index (χ0v) is 13.1. The Morgan fingerprint density at radius 3 is 2.28 bits per heavy atom. The van der Waals surface area contributed by atoms with E-state index in [2.05, 4.69) is 10.5 Å². The highest BCUT2D eigenvalue weighted by Crippen LogP contribution is 2.30. The molecule has 1 heterocycles. The number of ether oxygens (including phenoxy) is 2. The summed E-state index contributed by atoms with van der Waals surface area (Å²) < 4.78 is 10.9. The number of hydrazone groups is 1. The van der Waals surface area contributed by atoms with Gasteiger partial charge in [-0.1, -0.05) is 0 Å². The van der Waals surface area contributed by atoms with Gasteiger partial charge in [-0.05, 0) is 48.0 Å². The van der Waals surface area contributed by atoms with Gasteiger partial charge in [-0.25, -0.2) is 10.9 Å². The number of amides is 2. The highest BCUT2D eigenvalue weighted by molar-refractivity contribution is 5.97. The van der Waals surface area contributed by atoms with Gasteiger partial charge < -0.3 is 9.47 Å². The molecule has 0 bridgehead atoms. The predicted octanol–water partition coefficient (Wildman–Crippen LogP) is 1.34. The normalized spacial score (nSPS) is 12.7. The van der Waals surface area contributed by atoms with Crippen LogP contribution in [-0.4, -0.2) is 36.4 Å². The van der Waals surface area contributed by atoms with Crippen molar-refractivity contribution >= 4 is 18.0 Å². The van der Waals surface area contributed by atoms with Gasteiger partial charge in [0, 0.05) is 11.1 Å². The van der Waals surface area contributed by atoms with Crippen LogP contribution in [-0.2, 0) is 0 Å². The third kappa shape index (κ3) is 3.93. The molecule has 2 aromatic carbocycles. The van der Waals surface area contributed by atoms with Crippen molar-refractivity contribution in [3.8, 4) is 11.5 Å². The largest absolute Gasteiger partial charge is 0.486 e. The Hall–Kier alpha value is -3.39. The minimum Gasteiger partial charge on any atom is -0.486 e. The van der Waals surface area contributed by atoms with Crippen LogP contribution in [0.3, 0.4) is 0 Å². The van der Waals surface area contributed by atoms with E-state index >= 15 is 0 Å². The summed E-state index contributed by atoms with van der Waals surface area (Å²) in [7, 11) is 0. The third-order valence-electron chi connectivity index (χ3n) is 3.46. The number of hydrogen-bond acceptors (Lipinski definition) is 6. The molecule has 0 aromatic heterocycles. The maximum atomic E-state index is 12.0. The molecule has 0 radical (unpaired) electrons. The fraction of sp³-hybridized carbons (Fsp3) is 0.118. The summed E-state index contributed by atoms with van der Waals surface area (Å²) in [4.78, 5) is 23.2. The number of fused-ring (bicyclic) bond motifs is 1. The lowest BCUT2D eigenvalue weighted by Gasteiger charge is -2.18. The minimum atomic E-state index is -0.649. The molecule has 25 heavy (non-hydrogen) atoms. The first-order valence-corrected chi connectivity index (χ1v) is 7.45. The number of carbonyl (C=O) groups is 2. The van der Waals surface area contributed by atoms with Crippen molar-refractivity contribution in [2.24, 2.45) is 5.10 Å². The monoisotopic (exact) mass is 341 g/mol. The molecule has 8 nitrogen and oxygen atoms in total. The fourth-order valence-electron chi connectivity index (χ4n) is 2.21. The third-order valence-corrected chi connectivity index (χ3v) is 3.46. The molecule has 1 aliphatic rings. The molecule has 0 saturated heterocycles. The highest BCUT2D eigenvalue weighted by Gasteiger charge is 2.11. The lowest BCUT2D eigenvalue weighted by atomic mass is 10.1. The van der Waals surface area contributed by atoms with E-state index in [-0.39, 0.29) is 5.56 Å². The van der Waals surface area contributed by atoms with E-state index in [1.807, 2.05) is 0 Å². The van der Waals surface area contributed by atoms with Crippen molar-refractivity contribution in [3.05, 3.63) is 59.2 Å². The average Bonchev–Trinajstić information content (AvgIpc) is 2.67. The first-order valence-electron chi connectivity index (χ1n) is 7.45. The Balaban J connectivity index is 1.62. The van der Waals surface area contributed by atoms with E-state index < -0.39 is 11.8 Å². The predicted molar refractivity (Wildman–Crippen MR) is 88.2 cm³/mol. The number of hydroxylamine groups is 1. The molecule has 0 spiro atoms. The Morgan fingerprint density at radius 1 is 0.960 bits per heavy atom. The Morgan fingerprint density at radius 2 is 1.60 bits per heavy atom. The lowest BCUT2D eigenvalue weighted by Crippen LogP contribution is -2.20. The number of benzene rings is 2. The molecule has 0 aliphatic carbocycles. The van der Waals surface area contributed by atoms with Crippen LogP contribution in [0.15, 0.2) is 47.6 Å². The zero-order valence-electron chi connectivity index (χ0n) is 13.1. The molecular weight excluding hydrogens is 326 g/mol. The molecular formula is C17H15N3O5. The van der Waals surface area contributed by atoms with Crippen molar-refractivity contribution in [3.63, 3.8) is 0 Å². The molecule has 2 amide bonds. The summed E-state index contributed by atoms with van der Waals surface area (Å²) in [6.07, 6.45) is 1.49. The van der Waals surface area contributed by atoms with E-state index in [9.17, 15) is 9.59 Å². The van der Waals surface area contributed by atoms with Gasteiger partial charge in [0.1, 0.15) is 13.2 Å². The topological polar surface area (TPSA) is 109 Å². The molecule has 2 aromatic rings. The van der Waals surface area contributed by atoms with Crippen molar-refractivity contribution in [1.29, 1.82) is 0 Å². The van der Waals surface area contributed by atoms with Crippen molar-refractivity contribution < 1.29 is 24.3 Å². The average molecular weight is 341 g/mol. The van der Waals surface area contributed by atoms with Crippen molar-refractivity contribution in [2.75, 3.05) is 13.2 Å². The van der Waals surface area contributed by atoms with Gasteiger partial charge in [0.15, 0.2) is 11.5 Å². The number of hydrogen-bond donors (Lipinski definition) is 3. The van der Waals surface area contributed by atoms with Crippen LogP contribution in [0.4, 0.5) is 0 Å². The second-order valence-electron chi connectivity index (χ2n) is 5.12. The molecule has 128 valence electrons. The second kappa shape index (κ2) is 7.45. The van der Waals surface area contributed by atoms with Gasteiger partial charge in [0.05, 0.1) is 6.21 Å². The van der Waals surface area contributed by atoms with Crippen LogP contribution >= 0.6 is 0 Å². The number of nitrogens with one attached hydrogen (secondary N) is 2. The van der Waals surface area contributed by atoms with Crippen LogP contribution in [0.25, 0.3) is 0 Å². The lowest BCUT2D eigenvalue weighted by molar-refractivity contribution is 0.0706. The Kier molecular flexibility index (Phi) is 4.91. The summed E-state index contributed by atoms with van der Waals surface area (Å²) in [5.41, 5.74) is 5.23. The van der Waals surface area contributed by atoms with Gasteiger partial charge >= 0.3 is 0 Å².